The topological polar surface area (TPSA) is 97.0 Å². The standard InChI is InChI=1S/C29H30BrN3O5/c1-19-16-20(9-14-24(19)31-29(36)32-25-7-4-3-6-23(25)30)17-27(34)26-8-5-15-33(26)18-38-22-12-10-21(11-13-22)28(35)37-2/h3-4,6-7,9-14,16,26H,5,8,15,17-18H2,1-2H3,(H2,31,32,36)/t26-/m0/s1. The van der Waals surface area contributed by atoms with Gasteiger partial charge in [0.2, 0.25) is 0 Å². The molecular weight excluding hydrogens is 550 g/mol. The Hall–Kier alpha value is -3.69. The first-order chi connectivity index (χ1) is 18.3. The maximum atomic E-state index is 13.2. The number of nitrogens with one attached hydrogen (secondary N) is 2. The van der Waals surface area contributed by atoms with E-state index < -0.39 is 5.97 Å². The molecule has 8 nitrogen and oxygen atoms in total. The number of halogens is 1. The largest absolute Gasteiger partial charge is 0.478 e. The Morgan fingerprint density at radius 3 is 2.45 bits per heavy atom. The van der Waals surface area contributed by atoms with E-state index in [4.69, 9.17) is 9.47 Å². The molecule has 0 unspecified atom stereocenters. The molecule has 0 aromatic heterocycles. The molecule has 1 fully saturated rings. The van der Waals surface area contributed by atoms with Gasteiger partial charge >= 0.3 is 12.0 Å². The molecule has 3 aromatic rings. The van der Waals surface area contributed by atoms with Crippen LogP contribution in [0, 0.1) is 6.92 Å². The van der Waals surface area contributed by atoms with Gasteiger partial charge in [-0.2, -0.15) is 0 Å². The van der Waals surface area contributed by atoms with Gasteiger partial charge in [0, 0.05) is 23.1 Å². The average molecular weight is 580 g/mol. The quantitative estimate of drug-likeness (QED) is 0.311. The first kappa shape index (κ1) is 27.3. The molecule has 198 valence electrons. The first-order valence-corrected chi connectivity index (χ1v) is 13.1. The lowest BCUT2D eigenvalue weighted by molar-refractivity contribution is -0.123. The second kappa shape index (κ2) is 12.7. The zero-order valence-electron chi connectivity index (χ0n) is 21.3. The van der Waals surface area contributed by atoms with E-state index in [0.29, 0.717) is 35.8 Å². The molecule has 2 N–H and O–H groups in total. The summed E-state index contributed by atoms with van der Waals surface area (Å²) in [6, 6.07) is 19.2. The number of ether oxygens (including phenoxy) is 2. The van der Waals surface area contributed by atoms with E-state index in [9.17, 15) is 14.4 Å². The van der Waals surface area contributed by atoms with Gasteiger partial charge < -0.3 is 20.1 Å². The predicted molar refractivity (Wildman–Crippen MR) is 150 cm³/mol. The predicted octanol–water partition coefficient (Wildman–Crippen LogP) is 5.80. The molecule has 1 atom stereocenters. The van der Waals surface area contributed by atoms with Crippen molar-refractivity contribution in [3.05, 3.63) is 87.9 Å². The number of hydrogen-bond acceptors (Lipinski definition) is 6. The maximum absolute atomic E-state index is 13.2. The van der Waals surface area contributed by atoms with Crippen LogP contribution in [-0.2, 0) is 16.0 Å². The van der Waals surface area contributed by atoms with Crippen molar-refractivity contribution >= 4 is 45.1 Å². The van der Waals surface area contributed by atoms with Gasteiger partial charge in [0.25, 0.3) is 0 Å². The van der Waals surface area contributed by atoms with E-state index >= 15 is 0 Å². The molecule has 1 aliphatic heterocycles. The zero-order chi connectivity index (χ0) is 27.1. The van der Waals surface area contributed by atoms with Gasteiger partial charge in [0.05, 0.1) is 24.4 Å². The van der Waals surface area contributed by atoms with E-state index in [1.165, 1.54) is 7.11 Å². The van der Waals surface area contributed by atoms with Crippen LogP contribution in [-0.4, -0.2) is 49.1 Å². The molecule has 0 spiro atoms. The summed E-state index contributed by atoms with van der Waals surface area (Å²) in [6.45, 7) is 2.98. The number of hydrogen-bond donors (Lipinski definition) is 2. The number of likely N-dealkylation sites (tertiary alicyclic amines) is 1. The van der Waals surface area contributed by atoms with Crippen molar-refractivity contribution in [2.45, 2.75) is 32.2 Å². The molecule has 4 rings (SSSR count). The van der Waals surface area contributed by atoms with E-state index in [-0.39, 0.29) is 17.9 Å². The van der Waals surface area contributed by atoms with Crippen LogP contribution in [0.4, 0.5) is 16.2 Å². The van der Waals surface area contributed by atoms with Crippen molar-refractivity contribution in [3.63, 3.8) is 0 Å². The summed E-state index contributed by atoms with van der Waals surface area (Å²) in [4.78, 5) is 39.3. The summed E-state index contributed by atoms with van der Waals surface area (Å²) in [5.74, 6) is 0.363. The molecule has 0 saturated carbocycles. The molecule has 1 aliphatic rings. The van der Waals surface area contributed by atoms with Gasteiger partial charge in [0.15, 0.2) is 5.78 Å². The van der Waals surface area contributed by atoms with Gasteiger partial charge in [-0.15, -0.1) is 0 Å². The third-order valence-corrected chi connectivity index (χ3v) is 7.14. The fourth-order valence-corrected chi connectivity index (χ4v) is 4.83. The molecule has 38 heavy (non-hydrogen) atoms. The molecule has 9 heteroatoms. The number of amides is 2. The lowest BCUT2D eigenvalue weighted by atomic mass is 10.00. The number of carbonyl (C=O) groups is 3. The Labute approximate surface area is 230 Å². The number of nitrogens with zero attached hydrogens (tertiary/aromatic N) is 1. The number of para-hydroxylation sites is 1. The van der Waals surface area contributed by atoms with Gasteiger partial charge in [-0.05, 0) is 89.3 Å². The van der Waals surface area contributed by atoms with Crippen LogP contribution in [0.25, 0.3) is 0 Å². The third-order valence-electron chi connectivity index (χ3n) is 6.45. The Morgan fingerprint density at radius 1 is 1.00 bits per heavy atom. The van der Waals surface area contributed by atoms with Crippen molar-refractivity contribution in [1.29, 1.82) is 0 Å². The van der Waals surface area contributed by atoms with E-state index in [1.807, 2.05) is 54.3 Å². The number of Topliss-reactive ketones (excluding diaryl/α,β-unsaturated/α-hetero) is 1. The third kappa shape index (κ3) is 6.99. The summed E-state index contributed by atoms with van der Waals surface area (Å²) in [5, 5.41) is 5.69. The molecule has 1 saturated heterocycles. The number of methoxy groups -OCH3 is 1. The van der Waals surface area contributed by atoms with Crippen LogP contribution >= 0.6 is 15.9 Å². The minimum absolute atomic E-state index is 0.138. The Morgan fingerprint density at radius 2 is 1.74 bits per heavy atom. The summed E-state index contributed by atoms with van der Waals surface area (Å²) in [5.41, 5.74) is 3.58. The average Bonchev–Trinajstić information content (AvgIpc) is 3.39. The van der Waals surface area contributed by atoms with Crippen LogP contribution < -0.4 is 15.4 Å². The Bertz CT molecular complexity index is 1310. The molecule has 3 aromatic carbocycles. The first-order valence-electron chi connectivity index (χ1n) is 12.3. The lowest BCUT2D eigenvalue weighted by Gasteiger charge is -2.23. The fourth-order valence-electron chi connectivity index (χ4n) is 4.44. The van der Waals surface area contributed by atoms with Gasteiger partial charge in [-0.1, -0.05) is 24.3 Å². The second-order valence-corrected chi connectivity index (χ2v) is 9.97. The molecule has 0 aliphatic carbocycles. The smallest absolute Gasteiger partial charge is 0.337 e. The zero-order valence-corrected chi connectivity index (χ0v) is 22.9. The highest BCUT2D eigenvalue weighted by Crippen LogP contribution is 2.24. The van der Waals surface area contributed by atoms with Crippen molar-refractivity contribution in [2.24, 2.45) is 0 Å². The van der Waals surface area contributed by atoms with Crippen LogP contribution in [0.3, 0.4) is 0 Å². The highest BCUT2D eigenvalue weighted by molar-refractivity contribution is 9.10. The highest BCUT2D eigenvalue weighted by Gasteiger charge is 2.30. The Balaban J connectivity index is 1.31. The van der Waals surface area contributed by atoms with E-state index in [1.54, 1.807) is 24.3 Å². The van der Waals surface area contributed by atoms with E-state index in [0.717, 1.165) is 35.0 Å². The van der Waals surface area contributed by atoms with Crippen LogP contribution in [0.15, 0.2) is 71.2 Å². The van der Waals surface area contributed by atoms with E-state index in [2.05, 4.69) is 26.6 Å². The molecule has 1 heterocycles. The number of carbonyl (C=O) groups excluding carboxylic acids is 3. The number of ketones is 1. The molecule has 0 radical (unpaired) electrons. The SMILES string of the molecule is COC(=O)c1ccc(OCN2CCC[C@H]2C(=O)Cc2ccc(NC(=O)Nc3ccccc3Br)c(C)c2)cc1. The van der Waals surface area contributed by atoms with Gasteiger partial charge in [0.1, 0.15) is 12.5 Å². The summed E-state index contributed by atoms with van der Waals surface area (Å²) in [6.07, 6.45) is 2.02. The minimum atomic E-state index is -0.399. The molecule has 0 bridgehead atoms. The number of anilines is 2. The fraction of sp³-hybridized carbons (Fsp3) is 0.276. The van der Waals surface area contributed by atoms with Crippen molar-refractivity contribution < 1.29 is 23.9 Å². The molecular formula is C29H30BrN3O5. The molecule has 2 amide bonds. The van der Waals surface area contributed by atoms with Crippen LogP contribution in [0.5, 0.6) is 5.75 Å². The summed E-state index contributed by atoms with van der Waals surface area (Å²) in [7, 11) is 1.34. The Kier molecular flexibility index (Phi) is 9.15. The monoisotopic (exact) mass is 579 g/mol. The normalized spacial score (nSPS) is 15.1. The minimum Gasteiger partial charge on any atom is -0.478 e. The lowest BCUT2D eigenvalue weighted by Crippen LogP contribution is -2.39. The number of benzene rings is 3. The number of urea groups is 1. The van der Waals surface area contributed by atoms with Gasteiger partial charge in [-0.25, -0.2) is 9.59 Å². The van der Waals surface area contributed by atoms with Crippen molar-refractivity contribution in [3.8, 4) is 5.75 Å². The van der Waals surface area contributed by atoms with Crippen molar-refractivity contribution in [1.82, 2.24) is 4.90 Å². The number of aryl methyl sites for hydroxylation is 1. The van der Waals surface area contributed by atoms with Crippen LogP contribution in [0.1, 0.15) is 34.3 Å². The van der Waals surface area contributed by atoms with Crippen LogP contribution in [0.2, 0.25) is 0 Å². The summed E-state index contributed by atoms with van der Waals surface area (Å²) < 4.78 is 11.4. The van der Waals surface area contributed by atoms with Gasteiger partial charge in [-0.3, -0.25) is 9.69 Å². The van der Waals surface area contributed by atoms with Crippen molar-refractivity contribution in [2.75, 3.05) is 31.0 Å². The highest BCUT2D eigenvalue weighted by atomic mass is 79.9. The maximum Gasteiger partial charge on any atom is 0.337 e. The number of esters is 1. The second-order valence-electron chi connectivity index (χ2n) is 9.11. The summed E-state index contributed by atoms with van der Waals surface area (Å²) >= 11 is 3.42. The number of rotatable bonds is 9.